The van der Waals surface area contributed by atoms with Crippen LogP contribution in [0.1, 0.15) is 25.5 Å². The van der Waals surface area contributed by atoms with Gasteiger partial charge in [-0.3, -0.25) is 0 Å². The molecule has 3 heteroatoms. The highest BCUT2D eigenvalue weighted by Crippen LogP contribution is 2.24. The van der Waals surface area contributed by atoms with Crippen LogP contribution in [0, 0.1) is 0 Å². The summed E-state index contributed by atoms with van der Waals surface area (Å²) in [7, 11) is 0. The topological polar surface area (TPSA) is 21.3 Å². The first-order chi connectivity index (χ1) is 7.75. The Bertz CT molecular complexity index is 317. The highest BCUT2D eigenvalue weighted by molar-refractivity contribution is 7.99. The number of rotatable bonds is 3. The van der Waals surface area contributed by atoms with Gasteiger partial charge >= 0.3 is 0 Å². The molecule has 2 nitrogen and oxygen atoms in total. The van der Waals surface area contributed by atoms with Crippen LogP contribution in [0.3, 0.4) is 0 Å². The SMILES string of the molecule is CC(C)Oc1ccc(C2CSCCN2)cc1. The number of hydrogen-bond donors (Lipinski definition) is 1. The minimum atomic E-state index is 0.245. The van der Waals surface area contributed by atoms with Crippen LogP contribution >= 0.6 is 11.8 Å². The fourth-order valence-corrected chi connectivity index (χ4v) is 2.81. The summed E-state index contributed by atoms with van der Waals surface area (Å²) in [6.45, 7) is 5.21. The Morgan fingerprint density at radius 1 is 1.31 bits per heavy atom. The fraction of sp³-hybridized carbons (Fsp3) is 0.538. The maximum Gasteiger partial charge on any atom is 0.119 e. The van der Waals surface area contributed by atoms with Gasteiger partial charge in [0.2, 0.25) is 0 Å². The van der Waals surface area contributed by atoms with E-state index in [-0.39, 0.29) is 6.10 Å². The van der Waals surface area contributed by atoms with E-state index in [0.717, 1.165) is 12.3 Å². The molecule has 0 aliphatic carbocycles. The summed E-state index contributed by atoms with van der Waals surface area (Å²) in [6, 6.07) is 8.97. The van der Waals surface area contributed by atoms with Crippen molar-refractivity contribution >= 4 is 11.8 Å². The molecule has 1 saturated heterocycles. The number of ether oxygens (including phenoxy) is 1. The van der Waals surface area contributed by atoms with Gasteiger partial charge in [-0.15, -0.1) is 0 Å². The van der Waals surface area contributed by atoms with Crippen LogP contribution in [0.2, 0.25) is 0 Å². The summed E-state index contributed by atoms with van der Waals surface area (Å²) in [6.07, 6.45) is 0.245. The average molecular weight is 237 g/mol. The third kappa shape index (κ3) is 3.16. The van der Waals surface area contributed by atoms with Gasteiger partial charge in [-0.1, -0.05) is 12.1 Å². The zero-order valence-electron chi connectivity index (χ0n) is 9.90. The lowest BCUT2D eigenvalue weighted by molar-refractivity contribution is 0.242. The highest BCUT2D eigenvalue weighted by atomic mass is 32.2. The van der Waals surface area contributed by atoms with Gasteiger partial charge in [0, 0.05) is 24.1 Å². The second-order valence-electron chi connectivity index (χ2n) is 4.32. The summed E-state index contributed by atoms with van der Waals surface area (Å²) in [5.74, 6) is 3.36. The second-order valence-corrected chi connectivity index (χ2v) is 5.47. The first-order valence-electron chi connectivity index (χ1n) is 5.83. The minimum absolute atomic E-state index is 0.245. The molecule has 1 fully saturated rings. The molecule has 0 spiro atoms. The van der Waals surface area contributed by atoms with Crippen molar-refractivity contribution in [2.24, 2.45) is 0 Å². The molecule has 1 atom stereocenters. The first-order valence-corrected chi connectivity index (χ1v) is 6.99. The Labute approximate surface area is 102 Å². The molecule has 1 aromatic rings. The Morgan fingerprint density at radius 2 is 2.06 bits per heavy atom. The lowest BCUT2D eigenvalue weighted by Gasteiger charge is -2.23. The van der Waals surface area contributed by atoms with Gasteiger partial charge < -0.3 is 10.1 Å². The zero-order chi connectivity index (χ0) is 11.4. The van der Waals surface area contributed by atoms with Crippen molar-refractivity contribution in [3.63, 3.8) is 0 Å². The lowest BCUT2D eigenvalue weighted by atomic mass is 10.1. The van der Waals surface area contributed by atoms with Gasteiger partial charge in [-0.25, -0.2) is 0 Å². The Hall–Kier alpha value is -0.670. The van der Waals surface area contributed by atoms with Gasteiger partial charge in [-0.2, -0.15) is 11.8 Å². The van der Waals surface area contributed by atoms with Crippen molar-refractivity contribution in [2.75, 3.05) is 18.1 Å². The van der Waals surface area contributed by atoms with Crippen molar-refractivity contribution in [3.05, 3.63) is 29.8 Å². The summed E-state index contributed by atoms with van der Waals surface area (Å²) >= 11 is 2.02. The van der Waals surface area contributed by atoms with Crippen molar-refractivity contribution in [2.45, 2.75) is 26.0 Å². The van der Waals surface area contributed by atoms with Crippen LogP contribution < -0.4 is 10.1 Å². The molecule has 88 valence electrons. The second kappa shape index (κ2) is 5.60. The summed E-state index contributed by atoms with van der Waals surface area (Å²) in [4.78, 5) is 0. The maximum absolute atomic E-state index is 5.63. The summed E-state index contributed by atoms with van der Waals surface area (Å²) < 4.78 is 5.63. The summed E-state index contributed by atoms with van der Waals surface area (Å²) in [5, 5.41) is 3.53. The molecular formula is C13H19NOS. The standard InChI is InChI=1S/C13H19NOS/c1-10(2)15-12-5-3-11(4-6-12)13-9-16-8-7-14-13/h3-6,10,13-14H,7-9H2,1-2H3. The molecule has 16 heavy (non-hydrogen) atoms. The van der Waals surface area contributed by atoms with Crippen molar-refractivity contribution in [1.82, 2.24) is 5.32 Å². The molecule has 1 aromatic carbocycles. The van der Waals surface area contributed by atoms with Gasteiger partial charge in [0.15, 0.2) is 0 Å². The van der Waals surface area contributed by atoms with E-state index in [1.165, 1.54) is 17.1 Å². The van der Waals surface area contributed by atoms with Crippen molar-refractivity contribution in [1.29, 1.82) is 0 Å². The predicted molar refractivity (Wildman–Crippen MR) is 70.3 cm³/mol. The molecule has 1 N–H and O–H groups in total. The van der Waals surface area contributed by atoms with E-state index in [1.54, 1.807) is 0 Å². The normalized spacial score (nSPS) is 21.1. The molecule has 1 aliphatic heterocycles. The lowest BCUT2D eigenvalue weighted by Crippen LogP contribution is -2.30. The van der Waals surface area contributed by atoms with Crippen LogP contribution in [0.4, 0.5) is 0 Å². The smallest absolute Gasteiger partial charge is 0.119 e. The van der Waals surface area contributed by atoms with E-state index in [1.807, 2.05) is 25.6 Å². The zero-order valence-corrected chi connectivity index (χ0v) is 10.7. The van der Waals surface area contributed by atoms with Crippen molar-refractivity contribution < 1.29 is 4.74 Å². The highest BCUT2D eigenvalue weighted by Gasteiger charge is 2.14. The maximum atomic E-state index is 5.63. The third-order valence-electron chi connectivity index (χ3n) is 2.58. The van der Waals surface area contributed by atoms with Crippen LogP contribution in [0.25, 0.3) is 0 Å². The molecule has 1 aliphatic rings. The molecular weight excluding hydrogens is 218 g/mol. The molecule has 0 aromatic heterocycles. The number of benzene rings is 1. The minimum Gasteiger partial charge on any atom is -0.491 e. The molecule has 1 unspecified atom stereocenters. The fourth-order valence-electron chi connectivity index (χ4n) is 1.83. The van der Waals surface area contributed by atoms with E-state index < -0.39 is 0 Å². The molecule has 1 heterocycles. The van der Waals surface area contributed by atoms with Crippen LogP contribution in [-0.4, -0.2) is 24.2 Å². The molecule has 0 amide bonds. The van der Waals surface area contributed by atoms with E-state index in [0.29, 0.717) is 6.04 Å². The van der Waals surface area contributed by atoms with Crippen LogP contribution in [0.5, 0.6) is 5.75 Å². The molecule has 0 saturated carbocycles. The monoisotopic (exact) mass is 237 g/mol. The Kier molecular flexibility index (Phi) is 4.13. The quantitative estimate of drug-likeness (QED) is 0.873. The Balaban J connectivity index is 2.00. The predicted octanol–water partition coefficient (Wildman–Crippen LogP) is 2.85. The van der Waals surface area contributed by atoms with E-state index >= 15 is 0 Å². The van der Waals surface area contributed by atoms with Gasteiger partial charge in [0.25, 0.3) is 0 Å². The Morgan fingerprint density at radius 3 is 2.62 bits per heavy atom. The van der Waals surface area contributed by atoms with Gasteiger partial charge in [0.1, 0.15) is 5.75 Å². The van der Waals surface area contributed by atoms with Crippen LogP contribution in [-0.2, 0) is 0 Å². The molecule has 0 radical (unpaired) electrons. The number of thioether (sulfide) groups is 1. The van der Waals surface area contributed by atoms with Gasteiger partial charge in [-0.05, 0) is 31.5 Å². The largest absolute Gasteiger partial charge is 0.491 e. The first kappa shape index (κ1) is 11.8. The van der Waals surface area contributed by atoms with E-state index in [9.17, 15) is 0 Å². The molecule has 2 rings (SSSR count). The van der Waals surface area contributed by atoms with Crippen LogP contribution in [0.15, 0.2) is 24.3 Å². The average Bonchev–Trinajstić information content (AvgIpc) is 2.30. The number of hydrogen-bond acceptors (Lipinski definition) is 3. The summed E-state index contributed by atoms with van der Waals surface area (Å²) in [5.41, 5.74) is 1.36. The van der Waals surface area contributed by atoms with Gasteiger partial charge in [0.05, 0.1) is 6.10 Å². The van der Waals surface area contributed by atoms with Crippen molar-refractivity contribution in [3.8, 4) is 5.75 Å². The number of nitrogens with one attached hydrogen (secondary N) is 1. The van der Waals surface area contributed by atoms with E-state index in [2.05, 4.69) is 29.6 Å². The van der Waals surface area contributed by atoms with E-state index in [4.69, 9.17) is 4.74 Å². The third-order valence-corrected chi connectivity index (χ3v) is 3.64. The molecule has 0 bridgehead atoms.